The Morgan fingerprint density at radius 2 is 1.40 bits per heavy atom. The van der Waals surface area contributed by atoms with Crippen molar-refractivity contribution in [2.24, 2.45) is 23.5 Å². The van der Waals surface area contributed by atoms with Gasteiger partial charge in [-0.2, -0.15) is 0 Å². The van der Waals surface area contributed by atoms with Gasteiger partial charge in [0, 0.05) is 31.8 Å². The molecular formula is C51H82N8O14. The Balaban J connectivity index is 1.64. The summed E-state index contributed by atoms with van der Waals surface area (Å²) in [5, 5.41) is 77.8. The number of carbonyl (C=O) groups is 8. The van der Waals surface area contributed by atoms with E-state index in [4.69, 9.17) is 5.73 Å². The predicted octanol–water partition coefficient (Wildman–Crippen LogP) is -0.528. The summed E-state index contributed by atoms with van der Waals surface area (Å²) in [6.45, 7) is 8.77. The van der Waals surface area contributed by atoms with Gasteiger partial charge < -0.3 is 72.8 Å². The number of rotatable bonds is 20. The van der Waals surface area contributed by atoms with Gasteiger partial charge in [0.25, 0.3) is 0 Å². The summed E-state index contributed by atoms with van der Waals surface area (Å²) in [5.41, 5.74) is 5.98. The summed E-state index contributed by atoms with van der Waals surface area (Å²) in [4.78, 5) is 113. The standard InChI is InChI=1S/C51H82N8O14/c1-6-28(2)23-29(3)13-11-9-7-8-10-12-14-40(65)53-35-21-22-41(66)55-49(71)44-45(67)30(4)26-59(44)51(73)43(38(63)25-39(52)64)57-47(69)36(20-17-32-15-18-33(61)19-16-32)54-48(70)37-24-34(62)27-58(37)50(72)42(31(5)60)56-46(35)68/h15-16,18-19,28-31,34-38,41-45,60-63,66-67H,6-14,17,20-27H2,1-5H3,(H2,52,64)(H,53,65)(H,54,70)(H,55,71)(H,56,68)(H,57,69)/t28?,29?,30-,31+,34+,35+,36-,37-,38+,41?,42-,43-,44-,45-/m0/s1. The molecule has 13 N–H and O–H groups in total. The number of hydrogen-bond acceptors (Lipinski definition) is 14. The molecular weight excluding hydrogens is 949 g/mol. The average Bonchev–Trinajstić information content (AvgIpc) is 3.87. The number of amides is 8. The van der Waals surface area contributed by atoms with Crippen molar-refractivity contribution in [3.8, 4) is 5.75 Å². The monoisotopic (exact) mass is 1030 g/mol. The Hall–Kier alpha value is -5.42. The van der Waals surface area contributed by atoms with Crippen LogP contribution in [0, 0.1) is 17.8 Å². The molecule has 1 aromatic rings. The number of aromatic hydroxyl groups is 1. The van der Waals surface area contributed by atoms with Gasteiger partial charge in [0.15, 0.2) is 0 Å². The van der Waals surface area contributed by atoms with E-state index >= 15 is 0 Å². The molecule has 0 aromatic heterocycles. The number of nitrogens with zero attached hydrogens (tertiary/aromatic N) is 2. The largest absolute Gasteiger partial charge is 0.508 e. The molecule has 3 unspecified atom stereocenters. The first-order valence-electron chi connectivity index (χ1n) is 26.1. The quantitative estimate of drug-likeness (QED) is 0.0732. The summed E-state index contributed by atoms with van der Waals surface area (Å²) in [6.07, 6.45) is -1.24. The molecule has 3 aliphatic heterocycles. The summed E-state index contributed by atoms with van der Waals surface area (Å²) in [5.74, 6) is -7.20. The molecule has 0 radical (unpaired) electrons. The van der Waals surface area contributed by atoms with Crippen LogP contribution >= 0.6 is 0 Å². The number of fused-ring (bicyclic) bond motifs is 2. The van der Waals surface area contributed by atoms with Crippen LogP contribution in [0.15, 0.2) is 24.3 Å². The molecule has 410 valence electrons. The van der Waals surface area contributed by atoms with Gasteiger partial charge in [-0.3, -0.25) is 38.4 Å². The predicted molar refractivity (Wildman–Crippen MR) is 266 cm³/mol. The van der Waals surface area contributed by atoms with Crippen molar-refractivity contribution in [3.05, 3.63) is 29.8 Å². The lowest BCUT2D eigenvalue weighted by molar-refractivity contribution is -0.147. The van der Waals surface area contributed by atoms with E-state index in [0.717, 1.165) is 41.9 Å². The maximum absolute atomic E-state index is 14.5. The Morgan fingerprint density at radius 3 is 2.04 bits per heavy atom. The van der Waals surface area contributed by atoms with E-state index in [9.17, 15) is 69.0 Å². The Kier molecular flexibility index (Phi) is 23.8. The Bertz CT molecular complexity index is 2030. The maximum Gasteiger partial charge on any atom is 0.248 e. The molecule has 3 fully saturated rings. The normalized spacial score (nSPS) is 28.6. The van der Waals surface area contributed by atoms with Crippen molar-refractivity contribution >= 4 is 47.3 Å². The summed E-state index contributed by atoms with van der Waals surface area (Å²) in [6, 6.07) is -4.04. The van der Waals surface area contributed by atoms with E-state index in [0.29, 0.717) is 23.8 Å². The number of aryl methyl sites for hydroxylation is 1. The van der Waals surface area contributed by atoms with Crippen LogP contribution in [0.4, 0.5) is 0 Å². The smallest absolute Gasteiger partial charge is 0.248 e. The average molecular weight is 1030 g/mol. The number of primary amides is 1. The lowest BCUT2D eigenvalue weighted by Crippen LogP contribution is -2.62. The van der Waals surface area contributed by atoms with Gasteiger partial charge >= 0.3 is 0 Å². The van der Waals surface area contributed by atoms with Crippen LogP contribution in [0.3, 0.4) is 0 Å². The van der Waals surface area contributed by atoms with Gasteiger partial charge in [-0.15, -0.1) is 0 Å². The van der Waals surface area contributed by atoms with Crippen LogP contribution in [0.2, 0.25) is 0 Å². The third-order valence-electron chi connectivity index (χ3n) is 14.4. The summed E-state index contributed by atoms with van der Waals surface area (Å²) in [7, 11) is 0. The molecule has 14 atom stereocenters. The lowest BCUT2D eigenvalue weighted by Gasteiger charge is -2.33. The van der Waals surface area contributed by atoms with Gasteiger partial charge in [0.05, 0.1) is 30.8 Å². The van der Waals surface area contributed by atoms with E-state index in [1.54, 1.807) is 12.1 Å². The number of phenolic OH excluding ortho intramolecular Hbond substituents is 1. The number of hydrogen-bond donors (Lipinski definition) is 12. The molecule has 0 saturated carbocycles. The number of aliphatic hydroxyl groups excluding tert-OH is 5. The van der Waals surface area contributed by atoms with Gasteiger partial charge in [-0.25, -0.2) is 0 Å². The zero-order valence-electron chi connectivity index (χ0n) is 43.0. The fourth-order valence-corrected chi connectivity index (χ4v) is 9.91. The highest BCUT2D eigenvalue weighted by Gasteiger charge is 2.49. The molecule has 4 rings (SSSR count). The molecule has 73 heavy (non-hydrogen) atoms. The molecule has 0 bridgehead atoms. The van der Waals surface area contributed by atoms with Gasteiger partial charge in [0.2, 0.25) is 47.3 Å². The fraction of sp³-hybridized carbons (Fsp3) is 0.725. The van der Waals surface area contributed by atoms with E-state index < -0.39 is 139 Å². The SMILES string of the molecule is CCC(C)CC(C)CCCCCCCCC(=O)N[C@@H]1CCC(O)NC(=O)[C@@H]2[C@@H](O)[C@@H](C)CN2C(=O)[C@H]([C@H](O)CC(N)=O)NC(=O)[C@H](CCc2ccc(O)cc2)NC(=O)[C@@H]2C[C@@H](O)CN2C(=O)[C@H]([C@@H](C)O)NC1=O. The summed E-state index contributed by atoms with van der Waals surface area (Å²) >= 11 is 0. The van der Waals surface area contributed by atoms with Crippen molar-refractivity contribution in [2.75, 3.05) is 13.1 Å². The number of carbonyl (C=O) groups excluding carboxylic acids is 8. The van der Waals surface area contributed by atoms with Crippen molar-refractivity contribution in [1.29, 1.82) is 0 Å². The van der Waals surface area contributed by atoms with E-state index in [-0.39, 0.29) is 44.4 Å². The first-order chi connectivity index (χ1) is 34.5. The third-order valence-corrected chi connectivity index (χ3v) is 14.4. The van der Waals surface area contributed by atoms with Crippen LogP contribution in [-0.2, 0) is 44.8 Å². The number of benzene rings is 1. The van der Waals surface area contributed by atoms with Crippen molar-refractivity contribution in [3.63, 3.8) is 0 Å². The zero-order chi connectivity index (χ0) is 54.1. The molecule has 3 heterocycles. The molecule has 1 aromatic carbocycles. The molecule has 22 heteroatoms. The molecule has 8 amide bonds. The lowest BCUT2D eigenvalue weighted by atomic mass is 9.91. The minimum Gasteiger partial charge on any atom is -0.508 e. The highest BCUT2D eigenvalue weighted by atomic mass is 16.3. The highest BCUT2D eigenvalue weighted by molar-refractivity contribution is 5.98. The Labute approximate surface area is 428 Å². The summed E-state index contributed by atoms with van der Waals surface area (Å²) < 4.78 is 0. The van der Waals surface area contributed by atoms with E-state index in [1.807, 2.05) is 0 Å². The second-order valence-electron chi connectivity index (χ2n) is 20.8. The van der Waals surface area contributed by atoms with Crippen molar-refractivity contribution in [2.45, 2.75) is 204 Å². The number of unbranched alkanes of at least 4 members (excludes halogenated alkanes) is 5. The van der Waals surface area contributed by atoms with Crippen LogP contribution in [0.25, 0.3) is 0 Å². The molecule has 3 aliphatic rings. The molecule has 0 spiro atoms. The third kappa shape index (κ3) is 18.2. The maximum atomic E-state index is 14.5. The van der Waals surface area contributed by atoms with Gasteiger partial charge in [-0.1, -0.05) is 84.8 Å². The van der Waals surface area contributed by atoms with Gasteiger partial charge in [-0.05, 0) is 75.0 Å². The minimum atomic E-state index is -2.00. The topological polar surface area (TPSA) is 351 Å². The zero-order valence-corrected chi connectivity index (χ0v) is 43.0. The van der Waals surface area contributed by atoms with Gasteiger partial charge in [0.1, 0.15) is 48.2 Å². The number of aliphatic hydroxyl groups is 5. The minimum absolute atomic E-state index is 0.0419. The van der Waals surface area contributed by atoms with Crippen LogP contribution in [-0.4, -0.2) is 168 Å². The second-order valence-corrected chi connectivity index (χ2v) is 20.8. The number of nitrogens with two attached hydrogens (primary N) is 1. The number of phenols is 1. The molecule has 0 aliphatic carbocycles. The molecule has 3 saturated heterocycles. The second kappa shape index (κ2) is 28.9. The number of nitrogens with one attached hydrogen (secondary N) is 5. The van der Waals surface area contributed by atoms with Crippen LogP contribution in [0.1, 0.15) is 136 Å². The first-order valence-corrected chi connectivity index (χ1v) is 26.1. The highest BCUT2D eigenvalue weighted by Crippen LogP contribution is 2.27. The van der Waals surface area contributed by atoms with Crippen LogP contribution in [0.5, 0.6) is 5.75 Å². The Morgan fingerprint density at radius 1 is 0.767 bits per heavy atom. The first kappa shape index (κ1) is 60.1. The van der Waals surface area contributed by atoms with Crippen molar-refractivity contribution < 1.29 is 69.0 Å². The van der Waals surface area contributed by atoms with E-state index in [1.165, 1.54) is 45.2 Å². The van der Waals surface area contributed by atoms with Crippen molar-refractivity contribution in [1.82, 2.24) is 36.4 Å². The van der Waals surface area contributed by atoms with E-state index in [2.05, 4.69) is 47.4 Å². The van der Waals surface area contributed by atoms with Crippen LogP contribution < -0.4 is 32.3 Å². The fourth-order valence-electron chi connectivity index (χ4n) is 9.91. The molecule has 22 nitrogen and oxygen atoms in total.